The quantitative estimate of drug-likeness (QED) is 0.850. The number of nitrogens with one attached hydrogen (secondary N) is 1. The van der Waals surface area contributed by atoms with E-state index in [2.05, 4.69) is 11.4 Å². The van der Waals surface area contributed by atoms with Gasteiger partial charge in [-0.15, -0.1) is 0 Å². The van der Waals surface area contributed by atoms with Gasteiger partial charge >= 0.3 is 0 Å². The third kappa shape index (κ3) is 2.64. The summed E-state index contributed by atoms with van der Waals surface area (Å²) in [4.78, 5) is 0.354. The van der Waals surface area contributed by atoms with Crippen molar-refractivity contribution in [3.63, 3.8) is 0 Å². The number of thiocarbonyl (C=S) groups is 1. The fourth-order valence-corrected chi connectivity index (χ4v) is 2.63. The van der Waals surface area contributed by atoms with Gasteiger partial charge in [0, 0.05) is 22.9 Å². The lowest BCUT2D eigenvalue weighted by Gasteiger charge is -2.17. The SMILES string of the molecule is COc1ccc(C(N)=S)c(NC2COc3ccccc32)c1. The Morgan fingerprint density at radius 2 is 2.14 bits per heavy atom. The van der Waals surface area contributed by atoms with Crippen LogP contribution in [0, 0.1) is 0 Å². The van der Waals surface area contributed by atoms with Crippen LogP contribution < -0.4 is 20.5 Å². The number of fused-ring (bicyclic) bond motifs is 1. The van der Waals surface area contributed by atoms with Crippen molar-refractivity contribution in [2.24, 2.45) is 5.73 Å². The summed E-state index contributed by atoms with van der Waals surface area (Å²) in [6, 6.07) is 13.7. The number of para-hydroxylation sites is 1. The molecule has 21 heavy (non-hydrogen) atoms. The van der Waals surface area contributed by atoms with Crippen LogP contribution in [-0.2, 0) is 0 Å². The van der Waals surface area contributed by atoms with E-state index in [1.54, 1.807) is 7.11 Å². The van der Waals surface area contributed by atoms with Crippen LogP contribution in [0.1, 0.15) is 17.2 Å². The molecule has 2 aromatic rings. The first-order valence-corrected chi connectivity index (χ1v) is 7.06. The van der Waals surface area contributed by atoms with Gasteiger partial charge in [0.2, 0.25) is 0 Å². The summed E-state index contributed by atoms with van der Waals surface area (Å²) >= 11 is 5.11. The Kier molecular flexibility index (Phi) is 3.66. The highest BCUT2D eigenvalue weighted by Crippen LogP contribution is 2.35. The van der Waals surface area contributed by atoms with Crippen LogP contribution in [0.5, 0.6) is 11.5 Å². The molecule has 0 fully saturated rings. The van der Waals surface area contributed by atoms with Crippen LogP contribution in [0.2, 0.25) is 0 Å². The van der Waals surface area contributed by atoms with Crippen LogP contribution in [-0.4, -0.2) is 18.7 Å². The molecule has 0 bridgehead atoms. The fourth-order valence-electron chi connectivity index (χ4n) is 2.45. The summed E-state index contributed by atoms with van der Waals surface area (Å²) in [6.45, 7) is 0.577. The molecule has 1 heterocycles. The number of methoxy groups -OCH3 is 1. The monoisotopic (exact) mass is 300 g/mol. The summed E-state index contributed by atoms with van der Waals surface area (Å²) in [5.74, 6) is 1.67. The highest BCUT2D eigenvalue weighted by atomic mass is 32.1. The molecule has 4 nitrogen and oxygen atoms in total. The van der Waals surface area contributed by atoms with E-state index in [-0.39, 0.29) is 6.04 Å². The first-order chi connectivity index (χ1) is 10.2. The zero-order chi connectivity index (χ0) is 14.8. The molecular formula is C16H16N2O2S. The van der Waals surface area contributed by atoms with Crippen molar-refractivity contribution in [2.75, 3.05) is 19.0 Å². The molecule has 3 N–H and O–H groups in total. The molecule has 1 unspecified atom stereocenters. The van der Waals surface area contributed by atoms with Crippen LogP contribution in [0.4, 0.5) is 5.69 Å². The number of hydrogen-bond donors (Lipinski definition) is 2. The number of hydrogen-bond acceptors (Lipinski definition) is 4. The lowest BCUT2D eigenvalue weighted by molar-refractivity contribution is 0.339. The van der Waals surface area contributed by atoms with Crippen molar-refractivity contribution in [3.8, 4) is 11.5 Å². The number of nitrogens with two attached hydrogens (primary N) is 1. The number of ether oxygens (including phenoxy) is 2. The smallest absolute Gasteiger partial charge is 0.124 e. The maximum atomic E-state index is 5.79. The molecule has 3 rings (SSSR count). The zero-order valence-electron chi connectivity index (χ0n) is 11.6. The van der Waals surface area contributed by atoms with Crippen molar-refractivity contribution in [1.82, 2.24) is 0 Å². The molecule has 0 aromatic heterocycles. The van der Waals surface area contributed by atoms with E-state index in [1.165, 1.54) is 0 Å². The largest absolute Gasteiger partial charge is 0.497 e. The Balaban J connectivity index is 1.93. The molecule has 2 aromatic carbocycles. The highest BCUT2D eigenvalue weighted by Gasteiger charge is 2.24. The van der Waals surface area contributed by atoms with E-state index in [9.17, 15) is 0 Å². The van der Waals surface area contributed by atoms with Gasteiger partial charge in [-0.05, 0) is 18.2 Å². The average Bonchev–Trinajstić information content (AvgIpc) is 2.90. The van der Waals surface area contributed by atoms with E-state index < -0.39 is 0 Å². The predicted octanol–water partition coefficient (Wildman–Crippen LogP) is 2.88. The molecule has 1 aliphatic heterocycles. The number of benzene rings is 2. The van der Waals surface area contributed by atoms with E-state index in [0.717, 1.165) is 28.3 Å². The van der Waals surface area contributed by atoms with Crippen molar-refractivity contribution in [2.45, 2.75) is 6.04 Å². The van der Waals surface area contributed by atoms with E-state index in [1.807, 2.05) is 36.4 Å². The average molecular weight is 300 g/mol. The van der Waals surface area contributed by atoms with Gasteiger partial charge in [-0.2, -0.15) is 0 Å². The summed E-state index contributed by atoms with van der Waals surface area (Å²) in [5.41, 5.74) is 8.58. The summed E-state index contributed by atoms with van der Waals surface area (Å²) in [5, 5.41) is 3.45. The van der Waals surface area contributed by atoms with Crippen LogP contribution in [0.15, 0.2) is 42.5 Å². The second-order valence-electron chi connectivity index (χ2n) is 4.82. The van der Waals surface area contributed by atoms with Gasteiger partial charge in [-0.1, -0.05) is 30.4 Å². The molecule has 0 radical (unpaired) electrons. The Morgan fingerprint density at radius 1 is 1.33 bits per heavy atom. The number of rotatable bonds is 4. The summed E-state index contributed by atoms with van der Waals surface area (Å²) < 4.78 is 11.0. The normalized spacial score (nSPS) is 16.0. The van der Waals surface area contributed by atoms with Gasteiger partial charge in [0.15, 0.2) is 0 Å². The van der Waals surface area contributed by atoms with Crippen LogP contribution in [0.25, 0.3) is 0 Å². The molecule has 0 saturated carbocycles. The van der Waals surface area contributed by atoms with Gasteiger partial charge in [0.05, 0.1) is 13.2 Å². The minimum absolute atomic E-state index is 0.0707. The topological polar surface area (TPSA) is 56.5 Å². The van der Waals surface area contributed by atoms with E-state index >= 15 is 0 Å². The molecule has 0 spiro atoms. The Hall–Kier alpha value is -2.27. The molecule has 1 atom stereocenters. The standard InChI is InChI=1S/C16H16N2O2S/c1-19-10-6-7-12(16(17)21)13(8-10)18-14-9-20-15-5-3-2-4-11(14)15/h2-8,14,18H,9H2,1H3,(H2,17,21). The van der Waals surface area contributed by atoms with Gasteiger partial charge < -0.3 is 20.5 Å². The van der Waals surface area contributed by atoms with Crippen molar-refractivity contribution >= 4 is 22.9 Å². The van der Waals surface area contributed by atoms with Gasteiger partial charge in [-0.3, -0.25) is 0 Å². The minimum atomic E-state index is 0.0707. The van der Waals surface area contributed by atoms with Crippen molar-refractivity contribution in [1.29, 1.82) is 0 Å². The molecule has 0 aliphatic carbocycles. The summed E-state index contributed by atoms with van der Waals surface area (Å²) in [7, 11) is 1.63. The lowest BCUT2D eigenvalue weighted by atomic mass is 10.1. The third-order valence-electron chi connectivity index (χ3n) is 3.52. The molecule has 108 valence electrons. The second-order valence-corrected chi connectivity index (χ2v) is 5.26. The predicted molar refractivity (Wildman–Crippen MR) is 87.2 cm³/mol. The number of anilines is 1. The van der Waals surface area contributed by atoms with E-state index in [0.29, 0.717) is 11.6 Å². The Bertz CT molecular complexity index is 688. The first-order valence-electron chi connectivity index (χ1n) is 6.65. The van der Waals surface area contributed by atoms with Crippen LogP contribution in [0.3, 0.4) is 0 Å². The maximum Gasteiger partial charge on any atom is 0.124 e. The summed E-state index contributed by atoms with van der Waals surface area (Å²) in [6.07, 6.45) is 0. The minimum Gasteiger partial charge on any atom is -0.497 e. The van der Waals surface area contributed by atoms with Gasteiger partial charge in [-0.25, -0.2) is 0 Å². The molecular weight excluding hydrogens is 284 g/mol. The maximum absolute atomic E-state index is 5.79. The zero-order valence-corrected chi connectivity index (χ0v) is 12.4. The third-order valence-corrected chi connectivity index (χ3v) is 3.74. The molecule has 1 aliphatic rings. The molecule has 0 amide bonds. The van der Waals surface area contributed by atoms with Gasteiger partial charge in [0.1, 0.15) is 23.1 Å². The second kappa shape index (κ2) is 5.61. The van der Waals surface area contributed by atoms with E-state index in [4.69, 9.17) is 27.4 Å². The van der Waals surface area contributed by atoms with Crippen molar-refractivity contribution in [3.05, 3.63) is 53.6 Å². The molecule has 5 heteroatoms. The lowest BCUT2D eigenvalue weighted by Crippen LogP contribution is -2.17. The Labute approximate surface area is 128 Å². The first kappa shape index (κ1) is 13.7. The van der Waals surface area contributed by atoms with Gasteiger partial charge in [0.25, 0.3) is 0 Å². The highest BCUT2D eigenvalue weighted by molar-refractivity contribution is 7.80. The fraction of sp³-hybridized carbons (Fsp3) is 0.188. The molecule has 0 saturated heterocycles. The van der Waals surface area contributed by atoms with Crippen molar-refractivity contribution < 1.29 is 9.47 Å². The Morgan fingerprint density at radius 3 is 2.90 bits per heavy atom. The van der Waals surface area contributed by atoms with Crippen LogP contribution >= 0.6 is 12.2 Å².